The largest absolute Gasteiger partial charge is 0.496 e. The summed E-state index contributed by atoms with van der Waals surface area (Å²) < 4.78 is 70.3. The summed E-state index contributed by atoms with van der Waals surface area (Å²) in [6.07, 6.45) is 4.43. The number of carbonyl (C=O) groups excluding carboxylic acids is 2. The number of halogens is 2. The highest BCUT2D eigenvalue weighted by atomic mass is 32.2. The van der Waals surface area contributed by atoms with Gasteiger partial charge in [0, 0.05) is 43.3 Å². The van der Waals surface area contributed by atoms with Crippen LogP contribution in [0.5, 0.6) is 5.75 Å². The predicted molar refractivity (Wildman–Crippen MR) is 168 cm³/mol. The topological polar surface area (TPSA) is 133 Å². The number of nitrogens with one attached hydrogen (secondary N) is 1. The van der Waals surface area contributed by atoms with Crippen LogP contribution in [0.4, 0.5) is 13.9 Å². The second-order valence-corrected chi connectivity index (χ2v) is 13.9. The van der Waals surface area contributed by atoms with Gasteiger partial charge < -0.3 is 9.47 Å². The Labute approximate surface area is 270 Å². The van der Waals surface area contributed by atoms with Crippen LogP contribution in [0, 0.1) is 11.6 Å². The number of hydrogen-bond donors (Lipinski definition) is 1. The normalized spacial score (nSPS) is 13.2. The van der Waals surface area contributed by atoms with Gasteiger partial charge in [-0.3, -0.25) is 19.2 Å². The minimum Gasteiger partial charge on any atom is -0.496 e. The van der Waals surface area contributed by atoms with Gasteiger partial charge in [0.15, 0.2) is 10.0 Å². The van der Waals surface area contributed by atoms with Gasteiger partial charge in [-0.1, -0.05) is 32.9 Å². The molecular formula is C31H35F2N5O6S2. The number of aromatic nitrogens is 3. The minimum atomic E-state index is -5.12. The number of carbonyl (C=O) groups is 2. The molecule has 246 valence electrons. The molecule has 15 heteroatoms. The maximum Gasteiger partial charge on any atom is 0.269 e. The van der Waals surface area contributed by atoms with Gasteiger partial charge in [-0.15, -0.1) is 11.3 Å². The lowest BCUT2D eigenvalue weighted by atomic mass is 9.85. The van der Waals surface area contributed by atoms with Crippen LogP contribution in [0.25, 0.3) is 0 Å². The third kappa shape index (κ3) is 7.26. The Balaban J connectivity index is 1.95. The van der Waals surface area contributed by atoms with Crippen molar-refractivity contribution in [1.82, 2.24) is 19.5 Å². The lowest BCUT2D eigenvalue weighted by Crippen LogP contribution is -2.64. The Bertz CT molecular complexity index is 1760. The number of sulfonamides is 1. The molecule has 2 aromatic carbocycles. The predicted octanol–water partition coefficient (Wildman–Crippen LogP) is 4.94. The molecule has 0 radical (unpaired) electrons. The third-order valence-corrected chi connectivity index (χ3v) is 9.40. The molecule has 2 heterocycles. The van der Waals surface area contributed by atoms with Crippen molar-refractivity contribution in [3.8, 4) is 5.75 Å². The summed E-state index contributed by atoms with van der Waals surface area (Å²) in [4.78, 5) is 33.3. The van der Waals surface area contributed by atoms with Crippen LogP contribution in [0.2, 0.25) is 0 Å². The van der Waals surface area contributed by atoms with Crippen LogP contribution < -0.4 is 14.4 Å². The average Bonchev–Trinajstić information content (AvgIpc) is 3.71. The highest BCUT2D eigenvalue weighted by Crippen LogP contribution is 2.37. The summed E-state index contributed by atoms with van der Waals surface area (Å²) in [6.45, 7) is 5.75. The molecule has 0 fully saturated rings. The zero-order valence-corrected chi connectivity index (χ0v) is 27.6. The number of amides is 2. The number of rotatable bonds is 13. The fraction of sp³-hybridized carbons (Fsp3) is 0.355. The van der Waals surface area contributed by atoms with Crippen molar-refractivity contribution in [2.24, 2.45) is 0 Å². The molecule has 46 heavy (non-hydrogen) atoms. The molecule has 2 aromatic heterocycles. The lowest BCUT2D eigenvalue weighted by molar-refractivity contribution is -0.125. The minimum absolute atomic E-state index is 0.0676. The number of anilines is 1. The van der Waals surface area contributed by atoms with Crippen molar-refractivity contribution in [2.45, 2.75) is 56.0 Å². The summed E-state index contributed by atoms with van der Waals surface area (Å²) in [5, 5.41) is 5.88. The number of nitrogens with zero attached hydrogens (tertiary/aromatic N) is 4. The van der Waals surface area contributed by atoms with E-state index in [1.54, 1.807) is 29.6 Å². The van der Waals surface area contributed by atoms with Crippen molar-refractivity contribution in [2.75, 3.05) is 25.7 Å². The summed E-state index contributed by atoms with van der Waals surface area (Å²) in [5.41, 5.74) is -1.45. The molecule has 4 aromatic rings. The van der Waals surface area contributed by atoms with Crippen LogP contribution in [-0.2, 0) is 31.5 Å². The summed E-state index contributed by atoms with van der Waals surface area (Å²) in [6, 6.07) is 8.99. The maximum absolute atomic E-state index is 14.7. The quantitative estimate of drug-likeness (QED) is 0.197. The van der Waals surface area contributed by atoms with Gasteiger partial charge in [0.2, 0.25) is 0 Å². The average molecular weight is 676 g/mol. The Hall–Kier alpha value is -4.21. The lowest BCUT2D eigenvalue weighted by Gasteiger charge is -2.41. The summed E-state index contributed by atoms with van der Waals surface area (Å²) >= 11 is 1.04. The van der Waals surface area contributed by atoms with E-state index in [9.17, 15) is 26.8 Å². The van der Waals surface area contributed by atoms with Gasteiger partial charge in [0.1, 0.15) is 22.9 Å². The fourth-order valence-corrected chi connectivity index (χ4v) is 7.00. The van der Waals surface area contributed by atoms with Crippen molar-refractivity contribution < 1.29 is 36.3 Å². The number of hydrogen-bond acceptors (Lipinski definition) is 9. The van der Waals surface area contributed by atoms with E-state index in [-0.39, 0.29) is 42.1 Å². The van der Waals surface area contributed by atoms with E-state index in [1.807, 2.05) is 25.5 Å². The van der Waals surface area contributed by atoms with E-state index in [4.69, 9.17) is 9.47 Å². The zero-order valence-electron chi connectivity index (χ0n) is 26.0. The molecule has 0 aliphatic rings. The molecular weight excluding hydrogens is 641 g/mol. The van der Waals surface area contributed by atoms with E-state index in [1.165, 1.54) is 37.5 Å². The number of methoxy groups -OCH3 is 2. The van der Waals surface area contributed by atoms with Crippen LogP contribution in [0.1, 0.15) is 49.5 Å². The standard InChI is InChI=1S/C31H35F2N5O6S2/c1-30(2,3)22-12-11-21(19-25(22)44-5)27(39)38(29-34-15-18-45-29)31(13-7-17-43-4,20-37-16-8-14-35-37)28(40)36-46(41,42)26-23(32)9-6-10-24(26)33/h6,8-12,14-16,18-19H,7,13,17,20H2,1-5H3,(H,36,40). The molecule has 0 spiro atoms. The highest BCUT2D eigenvalue weighted by molar-refractivity contribution is 7.90. The second kappa shape index (κ2) is 14.1. The van der Waals surface area contributed by atoms with Crippen LogP contribution in [-0.4, -0.2) is 61.4 Å². The molecule has 0 saturated heterocycles. The molecule has 0 aliphatic carbocycles. The number of benzene rings is 2. The van der Waals surface area contributed by atoms with Gasteiger partial charge in [-0.25, -0.2) is 26.9 Å². The Kier molecular flexibility index (Phi) is 10.6. The molecule has 1 atom stereocenters. The number of ether oxygens (including phenoxy) is 2. The zero-order chi connectivity index (χ0) is 33.7. The highest BCUT2D eigenvalue weighted by Gasteiger charge is 2.50. The molecule has 0 aliphatic heterocycles. The van der Waals surface area contributed by atoms with Crippen molar-refractivity contribution in [1.29, 1.82) is 0 Å². The van der Waals surface area contributed by atoms with Crippen molar-refractivity contribution in [3.63, 3.8) is 0 Å². The van der Waals surface area contributed by atoms with Gasteiger partial charge in [0.05, 0.1) is 13.7 Å². The Morgan fingerprint density at radius 2 is 1.78 bits per heavy atom. The van der Waals surface area contributed by atoms with E-state index in [0.29, 0.717) is 5.75 Å². The van der Waals surface area contributed by atoms with Gasteiger partial charge >= 0.3 is 0 Å². The maximum atomic E-state index is 14.7. The first-order valence-electron chi connectivity index (χ1n) is 14.2. The smallest absolute Gasteiger partial charge is 0.269 e. The summed E-state index contributed by atoms with van der Waals surface area (Å²) in [5.74, 6) is -4.30. The third-order valence-electron chi connectivity index (χ3n) is 7.26. The van der Waals surface area contributed by atoms with E-state index < -0.39 is 43.9 Å². The van der Waals surface area contributed by atoms with Crippen molar-refractivity contribution >= 4 is 38.3 Å². The Morgan fingerprint density at radius 3 is 2.35 bits per heavy atom. The first kappa shape index (κ1) is 34.7. The monoisotopic (exact) mass is 675 g/mol. The van der Waals surface area contributed by atoms with Crippen LogP contribution in [0.3, 0.4) is 0 Å². The molecule has 0 bridgehead atoms. The fourth-order valence-electron chi connectivity index (χ4n) is 5.09. The molecule has 2 amide bonds. The second-order valence-electron chi connectivity index (χ2n) is 11.4. The molecule has 0 saturated carbocycles. The first-order valence-corrected chi connectivity index (χ1v) is 16.5. The molecule has 1 N–H and O–H groups in total. The summed E-state index contributed by atoms with van der Waals surface area (Å²) in [7, 11) is -2.20. The number of thiazole rings is 1. The van der Waals surface area contributed by atoms with Crippen molar-refractivity contribution in [3.05, 3.63) is 89.2 Å². The van der Waals surface area contributed by atoms with Crippen LogP contribution >= 0.6 is 11.3 Å². The van der Waals surface area contributed by atoms with E-state index >= 15 is 0 Å². The van der Waals surface area contributed by atoms with Crippen LogP contribution in [0.15, 0.2) is 71.3 Å². The van der Waals surface area contributed by atoms with Gasteiger partial charge in [-0.05, 0) is 54.2 Å². The van der Waals surface area contributed by atoms with E-state index in [0.717, 1.165) is 40.0 Å². The van der Waals surface area contributed by atoms with Gasteiger partial charge in [-0.2, -0.15) is 5.10 Å². The molecule has 4 rings (SSSR count). The Morgan fingerprint density at radius 1 is 1.07 bits per heavy atom. The molecule has 11 nitrogen and oxygen atoms in total. The van der Waals surface area contributed by atoms with Gasteiger partial charge in [0.25, 0.3) is 21.8 Å². The molecule has 1 unspecified atom stereocenters. The van der Waals surface area contributed by atoms with E-state index in [2.05, 4.69) is 10.1 Å². The SMILES string of the molecule is COCCCC(Cn1cccn1)(C(=O)NS(=O)(=O)c1c(F)cccc1F)N(C(=O)c1ccc(C(C)(C)C)c(OC)c1)c1nccs1. The first-order chi connectivity index (χ1) is 21.7.